The fourth-order valence-electron chi connectivity index (χ4n) is 5.74. The third-order valence-electron chi connectivity index (χ3n) is 7.78. The van der Waals surface area contributed by atoms with Crippen LogP contribution in [-0.2, 0) is 9.54 Å². The predicted octanol–water partition coefficient (Wildman–Crippen LogP) is 6.48. The Bertz CT molecular complexity index is 1370. The minimum Gasteiger partial charge on any atom is -0.362 e. The number of benzene rings is 3. The fourth-order valence-corrected chi connectivity index (χ4v) is 6.99. The van der Waals surface area contributed by atoms with Crippen LogP contribution in [-0.4, -0.2) is 48.3 Å². The zero-order valence-electron chi connectivity index (χ0n) is 23.6. The molecule has 1 saturated carbocycles. The number of rotatable bonds is 10. The van der Waals surface area contributed by atoms with Crippen molar-refractivity contribution in [3.63, 3.8) is 0 Å². The first-order chi connectivity index (χ1) is 19.5. The van der Waals surface area contributed by atoms with E-state index in [-0.39, 0.29) is 5.91 Å². The molecule has 7 heteroatoms. The third-order valence-corrected chi connectivity index (χ3v) is 9.16. The summed E-state index contributed by atoms with van der Waals surface area (Å²) < 4.78 is -0.770. The van der Waals surface area contributed by atoms with Crippen LogP contribution in [0.4, 0.5) is 11.8 Å². The van der Waals surface area contributed by atoms with Gasteiger partial charge in [0.05, 0.1) is 5.52 Å². The minimum absolute atomic E-state index is 0.0674. The first-order valence-electron chi connectivity index (χ1n) is 14.2. The molecule has 0 radical (unpaired) electrons. The third kappa shape index (κ3) is 5.94. The maximum absolute atomic E-state index is 14.0. The quantitative estimate of drug-likeness (QED) is 0.234. The summed E-state index contributed by atoms with van der Waals surface area (Å²) in [5, 5.41) is 8.02. The summed E-state index contributed by atoms with van der Waals surface area (Å²) >= 11 is 1.69. The Kier molecular flexibility index (Phi) is 8.90. The second-order valence-corrected chi connectivity index (χ2v) is 12.2. The normalized spacial score (nSPS) is 17.4. The largest absolute Gasteiger partial charge is 0.362 e. The van der Waals surface area contributed by atoms with Crippen LogP contribution < -0.4 is 15.5 Å². The van der Waals surface area contributed by atoms with E-state index in [9.17, 15) is 4.79 Å². The van der Waals surface area contributed by atoms with E-state index in [1.807, 2.05) is 73.6 Å². The molecular formula is C33H39N5OS. The zero-order chi connectivity index (χ0) is 28.0. The van der Waals surface area contributed by atoms with Crippen molar-refractivity contribution >= 4 is 40.3 Å². The summed E-state index contributed by atoms with van der Waals surface area (Å²) in [6, 6.07) is 28.8. The molecule has 3 aromatic carbocycles. The maximum Gasteiger partial charge on any atom is 0.245 e. The van der Waals surface area contributed by atoms with Gasteiger partial charge in [0.1, 0.15) is 10.6 Å². The van der Waals surface area contributed by atoms with Gasteiger partial charge in [-0.05, 0) is 60.6 Å². The second kappa shape index (κ2) is 12.7. The Labute approximate surface area is 242 Å². The minimum atomic E-state index is -0.770. The van der Waals surface area contributed by atoms with Gasteiger partial charge in [0.15, 0.2) is 0 Å². The standard InChI is InChI=1S/C33H39N5OS/c1-4-40-33(25-13-7-5-8-14-25,26-15-9-6-10-16-26)31(39)34-23-24-19-21-27(22-20-24)35-32-36-29-18-12-11-17-28(29)30(37-32)38(2)3/h5-18,24,27H,4,19-23H2,1-3H3,(H,34,39)(H,35,36,37)/t24-,27+. The number of hydrogen-bond acceptors (Lipinski definition) is 6. The van der Waals surface area contributed by atoms with E-state index >= 15 is 0 Å². The van der Waals surface area contributed by atoms with Gasteiger partial charge < -0.3 is 15.5 Å². The molecule has 6 nitrogen and oxygen atoms in total. The summed E-state index contributed by atoms with van der Waals surface area (Å²) in [6.07, 6.45) is 4.16. The van der Waals surface area contributed by atoms with Gasteiger partial charge in [-0.1, -0.05) is 79.7 Å². The van der Waals surface area contributed by atoms with Gasteiger partial charge in [-0.25, -0.2) is 4.98 Å². The van der Waals surface area contributed by atoms with Crippen LogP contribution in [0, 0.1) is 5.92 Å². The second-order valence-electron chi connectivity index (χ2n) is 10.7. The van der Waals surface area contributed by atoms with Crippen molar-refractivity contribution in [2.75, 3.05) is 36.6 Å². The van der Waals surface area contributed by atoms with E-state index < -0.39 is 4.75 Å². The van der Waals surface area contributed by atoms with Gasteiger partial charge in [0.25, 0.3) is 0 Å². The highest BCUT2D eigenvalue weighted by atomic mass is 32.2. The molecule has 1 aliphatic carbocycles. The highest BCUT2D eigenvalue weighted by Gasteiger charge is 2.42. The van der Waals surface area contributed by atoms with E-state index in [1.165, 1.54) is 0 Å². The molecule has 0 bridgehead atoms. The maximum atomic E-state index is 14.0. The fraction of sp³-hybridized carbons (Fsp3) is 0.364. The highest BCUT2D eigenvalue weighted by molar-refractivity contribution is 8.01. The molecule has 0 saturated heterocycles. The van der Waals surface area contributed by atoms with Gasteiger partial charge in [-0.2, -0.15) is 4.98 Å². The smallest absolute Gasteiger partial charge is 0.245 e. The van der Waals surface area contributed by atoms with Crippen molar-refractivity contribution in [1.29, 1.82) is 0 Å². The molecular weight excluding hydrogens is 514 g/mol. The van der Waals surface area contributed by atoms with Gasteiger partial charge in [-0.15, -0.1) is 11.8 Å². The molecule has 0 spiro atoms. The predicted molar refractivity (Wildman–Crippen MR) is 168 cm³/mol. The van der Waals surface area contributed by atoms with Crippen LogP contribution in [0.5, 0.6) is 0 Å². The van der Waals surface area contributed by atoms with E-state index in [1.54, 1.807) is 11.8 Å². The number of carbonyl (C=O) groups excluding carboxylic acids is 1. The van der Waals surface area contributed by atoms with Gasteiger partial charge in [0.2, 0.25) is 11.9 Å². The first kappa shape index (κ1) is 28.0. The summed E-state index contributed by atoms with van der Waals surface area (Å²) in [4.78, 5) is 25.7. The molecule has 2 N–H and O–H groups in total. The number of para-hydroxylation sites is 1. The number of nitrogens with zero attached hydrogens (tertiary/aromatic N) is 3. The van der Waals surface area contributed by atoms with Gasteiger partial charge >= 0.3 is 0 Å². The van der Waals surface area contributed by atoms with E-state index in [2.05, 4.69) is 47.9 Å². The van der Waals surface area contributed by atoms with Gasteiger partial charge in [-0.3, -0.25) is 4.79 Å². The lowest BCUT2D eigenvalue weighted by Crippen LogP contribution is -2.45. The van der Waals surface area contributed by atoms with Crippen molar-refractivity contribution in [2.24, 2.45) is 5.92 Å². The molecule has 0 aliphatic heterocycles. The number of amides is 1. The van der Waals surface area contributed by atoms with Crippen molar-refractivity contribution in [3.8, 4) is 0 Å². The lowest BCUT2D eigenvalue weighted by atomic mass is 9.85. The van der Waals surface area contributed by atoms with Crippen molar-refractivity contribution in [1.82, 2.24) is 15.3 Å². The number of aromatic nitrogens is 2. The number of fused-ring (bicyclic) bond motifs is 1. The van der Waals surface area contributed by atoms with Crippen LogP contribution >= 0.6 is 11.8 Å². The molecule has 208 valence electrons. The van der Waals surface area contributed by atoms with Crippen molar-refractivity contribution in [3.05, 3.63) is 96.1 Å². The molecule has 40 heavy (non-hydrogen) atoms. The Hall–Kier alpha value is -3.58. The summed E-state index contributed by atoms with van der Waals surface area (Å²) in [7, 11) is 4.03. The molecule has 5 rings (SSSR count). The number of anilines is 2. The van der Waals surface area contributed by atoms with Crippen LogP contribution in [0.25, 0.3) is 10.9 Å². The molecule has 1 heterocycles. The number of hydrogen-bond donors (Lipinski definition) is 2. The Morgan fingerprint density at radius 1 is 0.875 bits per heavy atom. The Morgan fingerprint density at radius 3 is 2.08 bits per heavy atom. The van der Waals surface area contributed by atoms with Crippen LogP contribution in [0.3, 0.4) is 0 Å². The lowest BCUT2D eigenvalue weighted by Gasteiger charge is -2.34. The Morgan fingerprint density at radius 2 is 1.48 bits per heavy atom. The van der Waals surface area contributed by atoms with Crippen LogP contribution in [0.2, 0.25) is 0 Å². The highest BCUT2D eigenvalue weighted by Crippen LogP contribution is 2.43. The van der Waals surface area contributed by atoms with E-state index in [0.717, 1.165) is 59.3 Å². The summed E-state index contributed by atoms with van der Waals surface area (Å²) in [5.74, 6) is 2.96. The molecule has 1 aliphatic rings. The zero-order valence-corrected chi connectivity index (χ0v) is 24.5. The van der Waals surface area contributed by atoms with Gasteiger partial charge in [0, 0.05) is 32.1 Å². The molecule has 4 aromatic rings. The average molecular weight is 554 g/mol. The molecule has 0 unspecified atom stereocenters. The molecule has 1 aromatic heterocycles. The van der Waals surface area contributed by atoms with Crippen LogP contribution in [0.15, 0.2) is 84.9 Å². The Balaban J connectivity index is 1.24. The monoisotopic (exact) mass is 553 g/mol. The van der Waals surface area contributed by atoms with E-state index in [0.29, 0.717) is 24.5 Å². The van der Waals surface area contributed by atoms with Crippen molar-refractivity contribution < 1.29 is 4.79 Å². The van der Waals surface area contributed by atoms with Crippen LogP contribution in [0.1, 0.15) is 43.7 Å². The van der Waals surface area contributed by atoms with E-state index in [4.69, 9.17) is 9.97 Å². The molecule has 1 fully saturated rings. The number of nitrogens with one attached hydrogen (secondary N) is 2. The lowest BCUT2D eigenvalue weighted by molar-refractivity contribution is -0.122. The van der Waals surface area contributed by atoms with Crippen molar-refractivity contribution in [2.45, 2.75) is 43.4 Å². The molecule has 0 atom stereocenters. The molecule has 1 amide bonds. The number of carbonyl (C=O) groups is 1. The number of thioether (sulfide) groups is 1. The average Bonchev–Trinajstić information content (AvgIpc) is 3.00. The first-order valence-corrected chi connectivity index (χ1v) is 15.2. The summed E-state index contributed by atoms with van der Waals surface area (Å²) in [6.45, 7) is 2.81. The summed E-state index contributed by atoms with van der Waals surface area (Å²) in [5.41, 5.74) is 2.99. The SMILES string of the molecule is CCSC(C(=O)NC[C@H]1CC[C@@H](Nc2nc(N(C)C)c3ccccc3n2)CC1)(c1ccccc1)c1ccccc1. The topological polar surface area (TPSA) is 70.2 Å².